The number of carbonyl (C=O) groups is 1. The summed E-state index contributed by atoms with van der Waals surface area (Å²) in [6.45, 7) is 6.13. The van der Waals surface area contributed by atoms with Crippen LogP contribution in [0.25, 0.3) is 0 Å². The molecule has 114 valence electrons. The molecule has 2 aromatic rings. The van der Waals surface area contributed by atoms with Crippen molar-refractivity contribution in [3.05, 3.63) is 58.7 Å². The Labute approximate surface area is 131 Å². The van der Waals surface area contributed by atoms with E-state index in [-0.39, 0.29) is 5.91 Å². The summed E-state index contributed by atoms with van der Waals surface area (Å²) in [6, 6.07) is 12.1. The maximum absolute atomic E-state index is 12.4. The van der Waals surface area contributed by atoms with Gasteiger partial charge in [-0.25, -0.2) is 0 Å². The van der Waals surface area contributed by atoms with Crippen LogP contribution in [0.1, 0.15) is 28.7 Å². The van der Waals surface area contributed by atoms with Crippen LogP contribution in [0, 0.1) is 20.8 Å². The molecule has 0 fully saturated rings. The molecule has 1 aliphatic rings. The first-order valence-corrected chi connectivity index (χ1v) is 7.67. The molecular formula is C19H21NO2. The first-order valence-electron chi connectivity index (χ1n) is 7.67. The first-order chi connectivity index (χ1) is 10.5. The van der Waals surface area contributed by atoms with E-state index in [9.17, 15) is 4.79 Å². The van der Waals surface area contributed by atoms with Gasteiger partial charge in [0.1, 0.15) is 5.75 Å². The van der Waals surface area contributed by atoms with E-state index in [0.717, 1.165) is 23.4 Å². The topological polar surface area (TPSA) is 38.3 Å². The predicted octanol–water partition coefficient (Wildman–Crippen LogP) is 3.94. The summed E-state index contributed by atoms with van der Waals surface area (Å²) >= 11 is 0. The average molecular weight is 295 g/mol. The zero-order valence-electron chi connectivity index (χ0n) is 13.3. The third kappa shape index (κ3) is 2.98. The molecule has 1 N–H and O–H groups in total. The van der Waals surface area contributed by atoms with Crippen LogP contribution in [0.3, 0.4) is 0 Å². The van der Waals surface area contributed by atoms with Crippen molar-refractivity contribution in [1.29, 1.82) is 0 Å². The van der Waals surface area contributed by atoms with Crippen molar-refractivity contribution in [3.8, 4) is 5.75 Å². The summed E-state index contributed by atoms with van der Waals surface area (Å²) in [4.78, 5) is 12.4. The normalized spacial score (nSPS) is 16.6. The second-order valence-electron chi connectivity index (χ2n) is 6.04. The van der Waals surface area contributed by atoms with Gasteiger partial charge in [-0.1, -0.05) is 18.2 Å². The lowest BCUT2D eigenvalue weighted by atomic mass is 10.0. The van der Waals surface area contributed by atoms with Crippen LogP contribution in [-0.2, 0) is 11.2 Å². The number of nitrogens with one attached hydrogen (secondary N) is 1. The van der Waals surface area contributed by atoms with Gasteiger partial charge in [-0.15, -0.1) is 0 Å². The summed E-state index contributed by atoms with van der Waals surface area (Å²) in [6.07, 6.45) is 1.17. The molecule has 1 heterocycles. The largest absolute Gasteiger partial charge is 0.480 e. The number of hydrogen-bond donors (Lipinski definition) is 1. The third-order valence-corrected chi connectivity index (χ3v) is 4.23. The van der Waals surface area contributed by atoms with E-state index in [1.807, 2.05) is 38.1 Å². The van der Waals surface area contributed by atoms with Crippen molar-refractivity contribution in [2.24, 2.45) is 0 Å². The highest BCUT2D eigenvalue weighted by molar-refractivity contribution is 5.94. The van der Waals surface area contributed by atoms with Crippen LogP contribution in [0.15, 0.2) is 36.4 Å². The fourth-order valence-electron chi connectivity index (χ4n) is 2.70. The Bertz CT molecular complexity index is 721. The van der Waals surface area contributed by atoms with Gasteiger partial charge in [-0.05, 0) is 74.1 Å². The third-order valence-electron chi connectivity index (χ3n) is 4.23. The van der Waals surface area contributed by atoms with Crippen LogP contribution < -0.4 is 10.1 Å². The molecule has 2 aromatic carbocycles. The highest BCUT2D eigenvalue weighted by Gasteiger charge is 2.26. The molecule has 0 radical (unpaired) electrons. The summed E-state index contributed by atoms with van der Waals surface area (Å²) in [5.74, 6) is 0.766. The van der Waals surface area contributed by atoms with Gasteiger partial charge in [0, 0.05) is 5.69 Å². The molecule has 0 aliphatic carbocycles. The highest BCUT2D eigenvalue weighted by Crippen LogP contribution is 2.29. The standard InChI is InChI=1S/C19H21NO2/c1-12-4-6-15-7-9-17(22-18(15)10-12)19(21)20-16-8-5-13(2)14(3)11-16/h4-6,8,10-11,17H,7,9H2,1-3H3,(H,20,21). The van der Waals surface area contributed by atoms with Crippen LogP contribution in [0.4, 0.5) is 5.69 Å². The van der Waals surface area contributed by atoms with E-state index < -0.39 is 6.10 Å². The number of rotatable bonds is 2. The van der Waals surface area contributed by atoms with Gasteiger partial charge < -0.3 is 10.1 Å². The van der Waals surface area contributed by atoms with Gasteiger partial charge in [-0.2, -0.15) is 0 Å². The minimum absolute atomic E-state index is 0.0737. The Hall–Kier alpha value is -2.29. The molecule has 1 atom stereocenters. The molecule has 1 aliphatic heterocycles. The highest BCUT2D eigenvalue weighted by atomic mass is 16.5. The summed E-state index contributed by atoms with van der Waals surface area (Å²) < 4.78 is 5.89. The van der Waals surface area contributed by atoms with Gasteiger partial charge in [0.25, 0.3) is 5.91 Å². The Kier molecular flexibility index (Phi) is 3.88. The van der Waals surface area contributed by atoms with Gasteiger partial charge in [0.2, 0.25) is 0 Å². The number of hydrogen-bond acceptors (Lipinski definition) is 2. The second kappa shape index (κ2) is 5.84. The van der Waals surface area contributed by atoms with E-state index in [1.54, 1.807) is 0 Å². The zero-order valence-corrected chi connectivity index (χ0v) is 13.3. The van der Waals surface area contributed by atoms with Crippen LogP contribution >= 0.6 is 0 Å². The molecule has 0 saturated carbocycles. The summed E-state index contributed by atoms with van der Waals surface area (Å²) in [7, 11) is 0. The molecule has 22 heavy (non-hydrogen) atoms. The van der Waals surface area contributed by atoms with Gasteiger partial charge >= 0.3 is 0 Å². The van der Waals surface area contributed by atoms with Crippen LogP contribution in [-0.4, -0.2) is 12.0 Å². The maximum Gasteiger partial charge on any atom is 0.265 e. The number of carbonyl (C=O) groups excluding carboxylic acids is 1. The molecule has 0 saturated heterocycles. The van der Waals surface area contributed by atoms with Crippen molar-refractivity contribution in [1.82, 2.24) is 0 Å². The Morgan fingerprint density at radius 2 is 1.91 bits per heavy atom. The van der Waals surface area contributed by atoms with Crippen molar-refractivity contribution in [2.45, 2.75) is 39.7 Å². The van der Waals surface area contributed by atoms with Gasteiger partial charge in [0.15, 0.2) is 6.10 Å². The number of ether oxygens (including phenoxy) is 1. The molecular weight excluding hydrogens is 274 g/mol. The Morgan fingerprint density at radius 3 is 2.68 bits per heavy atom. The predicted molar refractivity (Wildman–Crippen MR) is 88.5 cm³/mol. The van der Waals surface area contributed by atoms with E-state index in [1.165, 1.54) is 16.7 Å². The van der Waals surface area contributed by atoms with Crippen LogP contribution in [0.2, 0.25) is 0 Å². The lowest BCUT2D eigenvalue weighted by Gasteiger charge is -2.25. The van der Waals surface area contributed by atoms with Crippen LogP contribution in [0.5, 0.6) is 5.75 Å². The SMILES string of the molecule is Cc1ccc2c(c1)OC(C(=O)Nc1ccc(C)c(C)c1)CC2. The molecule has 3 heteroatoms. The van der Waals surface area contributed by atoms with Crippen molar-refractivity contribution in [3.63, 3.8) is 0 Å². The van der Waals surface area contributed by atoms with Crippen molar-refractivity contribution in [2.75, 3.05) is 5.32 Å². The maximum atomic E-state index is 12.4. The number of amides is 1. The first kappa shape index (κ1) is 14.6. The number of fused-ring (bicyclic) bond motifs is 1. The molecule has 0 spiro atoms. The fraction of sp³-hybridized carbons (Fsp3) is 0.316. The zero-order chi connectivity index (χ0) is 15.7. The molecule has 1 unspecified atom stereocenters. The van der Waals surface area contributed by atoms with E-state index in [0.29, 0.717) is 6.42 Å². The van der Waals surface area contributed by atoms with E-state index in [4.69, 9.17) is 4.74 Å². The van der Waals surface area contributed by atoms with Crippen molar-refractivity contribution >= 4 is 11.6 Å². The molecule has 3 rings (SSSR count). The quantitative estimate of drug-likeness (QED) is 0.911. The lowest BCUT2D eigenvalue weighted by Crippen LogP contribution is -2.35. The molecule has 1 amide bonds. The second-order valence-corrected chi connectivity index (χ2v) is 6.04. The minimum atomic E-state index is -0.420. The van der Waals surface area contributed by atoms with E-state index >= 15 is 0 Å². The monoisotopic (exact) mass is 295 g/mol. The Balaban J connectivity index is 1.72. The van der Waals surface area contributed by atoms with Gasteiger partial charge in [-0.3, -0.25) is 4.79 Å². The molecule has 0 aromatic heterocycles. The Morgan fingerprint density at radius 1 is 1.09 bits per heavy atom. The molecule has 3 nitrogen and oxygen atoms in total. The lowest BCUT2D eigenvalue weighted by molar-refractivity contribution is -0.123. The van der Waals surface area contributed by atoms with Gasteiger partial charge in [0.05, 0.1) is 0 Å². The molecule has 0 bridgehead atoms. The fourth-order valence-corrected chi connectivity index (χ4v) is 2.70. The summed E-state index contributed by atoms with van der Waals surface area (Å²) in [5, 5.41) is 2.96. The van der Waals surface area contributed by atoms with Crippen molar-refractivity contribution < 1.29 is 9.53 Å². The number of anilines is 1. The average Bonchev–Trinajstić information content (AvgIpc) is 2.50. The number of aryl methyl sites for hydroxylation is 4. The summed E-state index contributed by atoms with van der Waals surface area (Å²) in [5.41, 5.74) is 5.54. The minimum Gasteiger partial charge on any atom is -0.480 e. The smallest absolute Gasteiger partial charge is 0.265 e. The number of benzene rings is 2. The van der Waals surface area contributed by atoms with E-state index in [2.05, 4.69) is 24.4 Å².